The molecule has 84 valence electrons. The largest absolute Gasteiger partial charge is 0.498 e. The molecule has 0 aliphatic carbocycles. The lowest BCUT2D eigenvalue weighted by Gasteiger charge is -2.06. The zero-order valence-corrected chi connectivity index (χ0v) is 8.64. The summed E-state index contributed by atoms with van der Waals surface area (Å²) in [4.78, 5) is 3.81. The molecule has 0 bridgehead atoms. The maximum absolute atomic E-state index is 12.4. The van der Waals surface area contributed by atoms with E-state index in [0.717, 1.165) is 23.5 Å². The first-order valence-electron chi connectivity index (χ1n) is 4.29. The van der Waals surface area contributed by atoms with Crippen LogP contribution in [-0.4, -0.2) is 10.1 Å². The van der Waals surface area contributed by atoms with Gasteiger partial charge in [-0.05, 0) is 12.1 Å². The van der Waals surface area contributed by atoms with Crippen LogP contribution in [0.2, 0.25) is 0 Å². The highest BCUT2D eigenvalue weighted by molar-refractivity contribution is 7.16. The average Bonchev–Trinajstić information content (AvgIpc) is 2.64. The maximum Gasteiger partial charge on any atom is 0.416 e. The summed E-state index contributed by atoms with van der Waals surface area (Å²) in [5, 5.41) is 9.42. The van der Waals surface area contributed by atoms with E-state index >= 15 is 0 Å². The molecule has 0 radical (unpaired) electrons. The average molecular weight is 245 g/mol. The van der Waals surface area contributed by atoms with Crippen molar-refractivity contribution in [2.24, 2.45) is 0 Å². The Morgan fingerprint density at radius 1 is 1.25 bits per heavy atom. The minimum Gasteiger partial charge on any atom is -0.498 e. The standard InChI is InChI=1S/C10H6F3NOS/c11-10(12,13)7-3-1-2-6(4-7)9-14-5-8(15)16-9/h1-5,15H. The van der Waals surface area contributed by atoms with E-state index in [-0.39, 0.29) is 5.06 Å². The van der Waals surface area contributed by atoms with E-state index in [9.17, 15) is 13.2 Å². The van der Waals surface area contributed by atoms with E-state index in [1.165, 1.54) is 18.3 Å². The molecule has 0 unspecified atom stereocenters. The third kappa shape index (κ3) is 2.16. The van der Waals surface area contributed by atoms with Crippen molar-refractivity contribution in [2.45, 2.75) is 6.18 Å². The van der Waals surface area contributed by atoms with Crippen LogP contribution in [0.25, 0.3) is 10.6 Å². The van der Waals surface area contributed by atoms with Crippen LogP contribution in [0.5, 0.6) is 5.06 Å². The smallest absolute Gasteiger partial charge is 0.416 e. The molecule has 2 rings (SSSR count). The van der Waals surface area contributed by atoms with Crippen molar-refractivity contribution >= 4 is 11.3 Å². The van der Waals surface area contributed by atoms with Crippen molar-refractivity contribution < 1.29 is 18.3 Å². The van der Waals surface area contributed by atoms with E-state index < -0.39 is 11.7 Å². The molecule has 0 aliphatic heterocycles. The van der Waals surface area contributed by atoms with Gasteiger partial charge in [0.05, 0.1) is 11.8 Å². The van der Waals surface area contributed by atoms with Gasteiger partial charge in [-0.25, -0.2) is 4.98 Å². The molecule has 0 amide bonds. The molecule has 16 heavy (non-hydrogen) atoms. The predicted octanol–water partition coefficient (Wildman–Crippen LogP) is 3.53. The number of aromatic nitrogens is 1. The molecular weight excluding hydrogens is 239 g/mol. The Morgan fingerprint density at radius 2 is 2.00 bits per heavy atom. The van der Waals surface area contributed by atoms with Gasteiger partial charge in [-0.15, -0.1) is 0 Å². The minimum absolute atomic E-state index is 0.0209. The molecule has 1 aromatic carbocycles. The van der Waals surface area contributed by atoms with Crippen molar-refractivity contribution in [3.63, 3.8) is 0 Å². The highest BCUT2D eigenvalue weighted by atomic mass is 32.1. The number of halogens is 3. The normalized spacial score (nSPS) is 11.7. The lowest BCUT2D eigenvalue weighted by atomic mass is 10.1. The van der Waals surface area contributed by atoms with Crippen LogP contribution in [0.15, 0.2) is 30.5 Å². The molecule has 1 N–H and O–H groups in total. The van der Waals surface area contributed by atoms with E-state index in [0.29, 0.717) is 10.6 Å². The molecule has 1 heterocycles. The molecule has 0 atom stereocenters. The van der Waals surface area contributed by atoms with Crippen molar-refractivity contribution in [1.82, 2.24) is 4.98 Å². The second-order valence-electron chi connectivity index (χ2n) is 3.08. The van der Waals surface area contributed by atoms with Gasteiger partial charge in [0, 0.05) is 5.56 Å². The molecule has 1 aromatic heterocycles. The molecule has 0 fully saturated rings. The molecule has 0 aliphatic rings. The summed E-state index contributed by atoms with van der Waals surface area (Å²) in [6, 6.07) is 4.85. The number of benzene rings is 1. The molecule has 6 heteroatoms. The van der Waals surface area contributed by atoms with Gasteiger partial charge in [-0.2, -0.15) is 13.2 Å². The molecule has 2 aromatic rings. The summed E-state index contributed by atoms with van der Waals surface area (Å²) in [7, 11) is 0. The highest BCUT2D eigenvalue weighted by Crippen LogP contribution is 2.34. The summed E-state index contributed by atoms with van der Waals surface area (Å²) in [6.45, 7) is 0. The second kappa shape index (κ2) is 3.79. The molecule has 0 saturated carbocycles. The quantitative estimate of drug-likeness (QED) is 0.833. The fraction of sp³-hybridized carbons (Fsp3) is 0.100. The minimum atomic E-state index is -4.37. The predicted molar refractivity (Wildman–Crippen MR) is 54.2 cm³/mol. The van der Waals surface area contributed by atoms with Crippen LogP contribution < -0.4 is 0 Å². The van der Waals surface area contributed by atoms with Crippen molar-refractivity contribution in [2.75, 3.05) is 0 Å². The maximum atomic E-state index is 12.4. The third-order valence-electron chi connectivity index (χ3n) is 1.93. The van der Waals surface area contributed by atoms with Gasteiger partial charge in [0.25, 0.3) is 0 Å². The fourth-order valence-electron chi connectivity index (χ4n) is 1.23. The first kappa shape index (κ1) is 10.9. The van der Waals surface area contributed by atoms with Crippen molar-refractivity contribution in [1.29, 1.82) is 0 Å². The Balaban J connectivity index is 2.44. The van der Waals surface area contributed by atoms with Gasteiger partial charge in [0.15, 0.2) is 5.06 Å². The number of rotatable bonds is 1. The number of aromatic hydroxyl groups is 1. The van der Waals surface area contributed by atoms with Gasteiger partial charge in [0.1, 0.15) is 5.01 Å². The Labute approximate surface area is 93.0 Å². The zero-order valence-electron chi connectivity index (χ0n) is 7.82. The Kier molecular flexibility index (Phi) is 2.59. The van der Waals surface area contributed by atoms with E-state index in [1.807, 2.05) is 0 Å². The number of alkyl halides is 3. The number of nitrogens with zero attached hydrogens (tertiary/aromatic N) is 1. The van der Waals surface area contributed by atoms with Crippen molar-refractivity contribution in [3.8, 4) is 15.6 Å². The molecule has 0 spiro atoms. The van der Waals surface area contributed by atoms with Gasteiger partial charge < -0.3 is 5.11 Å². The summed E-state index contributed by atoms with van der Waals surface area (Å²) in [5.74, 6) is 0. The first-order chi connectivity index (χ1) is 7.47. The van der Waals surface area contributed by atoms with Gasteiger partial charge in [-0.3, -0.25) is 0 Å². The third-order valence-corrected chi connectivity index (χ3v) is 2.78. The van der Waals surface area contributed by atoms with Gasteiger partial charge in [-0.1, -0.05) is 23.5 Å². The lowest BCUT2D eigenvalue weighted by molar-refractivity contribution is -0.137. The van der Waals surface area contributed by atoms with Crippen LogP contribution in [0.3, 0.4) is 0 Å². The summed E-state index contributed by atoms with van der Waals surface area (Å²) in [5.41, 5.74) is -0.375. The van der Waals surface area contributed by atoms with Crippen LogP contribution in [-0.2, 0) is 6.18 Å². The van der Waals surface area contributed by atoms with Gasteiger partial charge >= 0.3 is 6.18 Å². The molecule has 2 nitrogen and oxygen atoms in total. The number of hydrogen-bond acceptors (Lipinski definition) is 3. The summed E-state index contributed by atoms with van der Waals surface area (Å²) in [6.07, 6.45) is -3.16. The number of thiazole rings is 1. The second-order valence-corrected chi connectivity index (χ2v) is 4.09. The fourth-order valence-corrected chi connectivity index (χ4v) is 1.88. The molecular formula is C10H6F3NOS. The zero-order chi connectivity index (χ0) is 11.8. The van der Waals surface area contributed by atoms with Crippen LogP contribution in [0.1, 0.15) is 5.56 Å². The SMILES string of the molecule is Oc1cnc(-c2cccc(C(F)(F)F)c2)s1. The monoisotopic (exact) mass is 245 g/mol. The van der Waals surface area contributed by atoms with Crippen LogP contribution in [0.4, 0.5) is 13.2 Å². The summed E-state index contributed by atoms with van der Waals surface area (Å²) >= 11 is 0.937. The van der Waals surface area contributed by atoms with E-state index in [4.69, 9.17) is 5.11 Å². The summed E-state index contributed by atoms with van der Waals surface area (Å²) < 4.78 is 37.3. The topological polar surface area (TPSA) is 33.1 Å². The molecule has 0 saturated heterocycles. The van der Waals surface area contributed by atoms with Crippen molar-refractivity contribution in [3.05, 3.63) is 36.0 Å². The van der Waals surface area contributed by atoms with E-state index in [2.05, 4.69) is 4.98 Å². The lowest BCUT2D eigenvalue weighted by Crippen LogP contribution is -2.04. The van der Waals surface area contributed by atoms with Crippen LogP contribution >= 0.6 is 11.3 Å². The Bertz CT molecular complexity index is 507. The number of hydrogen-bond donors (Lipinski definition) is 1. The van der Waals surface area contributed by atoms with Crippen LogP contribution in [0, 0.1) is 0 Å². The highest BCUT2D eigenvalue weighted by Gasteiger charge is 2.30. The van der Waals surface area contributed by atoms with Gasteiger partial charge in [0.2, 0.25) is 0 Å². The Morgan fingerprint density at radius 3 is 2.56 bits per heavy atom. The Hall–Kier alpha value is -1.56. The first-order valence-corrected chi connectivity index (χ1v) is 5.11. The van der Waals surface area contributed by atoms with E-state index in [1.54, 1.807) is 0 Å².